The Labute approximate surface area is 113 Å². The number of carbonyl (C=O) groups excluding carboxylic acids is 3. The molecule has 0 radical (unpaired) electrons. The van der Waals surface area contributed by atoms with Crippen LogP contribution in [0.5, 0.6) is 0 Å². The van der Waals surface area contributed by atoms with E-state index in [2.05, 4.69) is 4.74 Å². The Morgan fingerprint density at radius 1 is 1.32 bits per heavy atom. The van der Waals surface area contributed by atoms with Gasteiger partial charge in [-0.25, -0.2) is 4.79 Å². The van der Waals surface area contributed by atoms with Gasteiger partial charge in [-0.1, -0.05) is 20.8 Å². The number of amides is 1. The van der Waals surface area contributed by atoms with E-state index in [1.54, 1.807) is 0 Å². The molecule has 1 rings (SSSR count). The first-order valence-corrected chi connectivity index (χ1v) is 6.18. The fraction of sp³-hybridized carbons (Fsp3) is 0.769. The van der Waals surface area contributed by atoms with Crippen LogP contribution in [0.3, 0.4) is 0 Å². The fourth-order valence-electron chi connectivity index (χ4n) is 2.10. The number of hydrogen-bond donors (Lipinski definition) is 0. The average Bonchev–Trinajstić information content (AvgIpc) is 2.70. The first kappa shape index (κ1) is 15.6. The molecule has 1 saturated heterocycles. The summed E-state index contributed by atoms with van der Waals surface area (Å²) in [6.45, 7) is 7.16. The maximum absolute atomic E-state index is 12.2. The molecule has 1 aliphatic rings. The predicted molar refractivity (Wildman–Crippen MR) is 67.1 cm³/mol. The molecule has 0 spiro atoms. The number of ether oxygens (including phenoxy) is 2. The van der Waals surface area contributed by atoms with Crippen molar-refractivity contribution in [1.82, 2.24) is 4.90 Å². The minimum Gasteiger partial charge on any atom is -0.467 e. The molecule has 6 heteroatoms. The van der Waals surface area contributed by atoms with Crippen LogP contribution in [-0.4, -0.2) is 48.5 Å². The van der Waals surface area contributed by atoms with E-state index in [0.717, 1.165) is 0 Å². The number of hydrogen-bond acceptors (Lipinski definition) is 5. The third-order valence-electron chi connectivity index (χ3n) is 2.90. The number of rotatable bonds is 3. The van der Waals surface area contributed by atoms with E-state index in [1.807, 2.05) is 20.8 Å². The van der Waals surface area contributed by atoms with Gasteiger partial charge in [-0.15, -0.1) is 0 Å². The number of methoxy groups -OCH3 is 1. The molecule has 0 N–H and O–H groups in total. The lowest BCUT2D eigenvalue weighted by Gasteiger charge is -2.35. The summed E-state index contributed by atoms with van der Waals surface area (Å²) in [7, 11) is 1.26. The molecule has 1 fully saturated rings. The lowest BCUT2D eigenvalue weighted by molar-refractivity contribution is -0.156. The van der Waals surface area contributed by atoms with E-state index in [9.17, 15) is 14.4 Å². The molecule has 6 nitrogen and oxygen atoms in total. The molecular formula is C13H21NO5. The Kier molecular flexibility index (Phi) is 4.68. The van der Waals surface area contributed by atoms with Crippen molar-refractivity contribution in [2.75, 3.05) is 13.7 Å². The highest BCUT2D eigenvalue weighted by molar-refractivity contribution is 5.98. The third kappa shape index (κ3) is 3.53. The van der Waals surface area contributed by atoms with E-state index in [-0.39, 0.29) is 24.2 Å². The van der Waals surface area contributed by atoms with Crippen LogP contribution in [0.15, 0.2) is 0 Å². The minimum absolute atomic E-state index is 0.0955. The van der Waals surface area contributed by atoms with Crippen molar-refractivity contribution in [3.63, 3.8) is 0 Å². The van der Waals surface area contributed by atoms with E-state index < -0.39 is 24.1 Å². The van der Waals surface area contributed by atoms with Gasteiger partial charge >= 0.3 is 5.97 Å². The molecule has 0 aromatic rings. The first-order valence-electron chi connectivity index (χ1n) is 6.18. The number of nitrogens with zero attached hydrogens (tertiary/aromatic N) is 1. The largest absolute Gasteiger partial charge is 0.467 e. The van der Waals surface area contributed by atoms with Gasteiger partial charge in [0.1, 0.15) is 12.0 Å². The number of ketones is 1. The monoisotopic (exact) mass is 271 g/mol. The second kappa shape index (κ2) is 5.69. The second-order valence-corrected chi connectivity index (χ2v) is 5.77. The van der Waals surface area contributed by atoms with Crippen molar-refractivity contribution in [3.05, 3.63) is 0 Å². The Hall–Kier alpha value is -1.43. The molecule has 0 saturated carbocycles. The molecule has 108 valence electrons. The van der Waals surface area contributed by atoms with Gasteiger partial charge in [-0.2, -0.15) is 0 Å². The Morgan fingerprint density at radius 3 is 2.32 bits per heavy atom. The normalized spacial score (nSPS) is 23.3. The Balaban J connectivity index is 3.01. The summed E-state index contributed by atoms with van der Waals surface area (Å²) in [5, 5.41) is 0. The molecule has 2 atom stereocenters. The third-order valence-corrected chi connectivity index (χ3v) is 2.90. The van der Waals surface area contributed by atoms with Crippen LogP contribution in [0, 0.1) is 5.41 Å². The number of Topliss-reactive ketones (excluding diaryl/α,β-unsaturated/α-hetero) is 1. The maximum Gasteiger partial charge on any atom is 0.331 e. The highest BCUT2D eigenvalue weighted by Crippen LogP contribution is 2.32. The fourth-order valence-corrected chi connectivity index (χ4v) is 2.10. The zero-order valence-corrected chi connectivity index (χ0v) is 12.1. The molecule has 1 unspecified atom stereocenters. The van der Waals surface area contributed by atoms with Gasteiger partial charge in [0.2, 0.25) is 5.91 Å². The molecular weight excluding hydrogens is 250 g/mol. The number of carbonyl (C=O) groups is 3. The topological polar surface area (TPSA) is 72.9 Å². The molecule has 0 aromatic heterocycles. The van der Waals surface area contributed by atoms with Gasteiger partial charge in [0.15, 0.2) is 6.04 Å². The highest BCUT2D eigenvalue weighted by Gasteiger charge is 2.47. The second-order valence-electron chi connectivity index (χ2n) is 5.77. The lowest BCUT2D eigenvalue weighted by atomic mass is 9.93. The highest BCUT2D eigenvalue weighted by atomic mass is 16.5. The molecule has 1 amide bonds. The van der Waals surface area contributed by atoms with Crippen molar-refractivity contribution in [3.8, 4) is 0 Å². The summed E-state index contributed by atoms with van der Waals surface area (Å²) < 4.78 is 10.2. The Morgan fingerprint density at radius 2 is 1.89 bits per heavy atom. The van der Waals surface area contributed by atoms with Gasteiger partial charge in [0, 0.05) is 5.41 Å². The number of esters is 1. The summed E-state index contributed by atoms with van der Waals surface area (Å²) in [5.41, 5.74) is -0.352. The van der Waals surface area contributed by atoms with Gasteiger partial charge in [0.25, 0.3) is 0 Å². The van der Waals surface area contributed by atoms with Crippen LogP contribution in [0.1, 0.15) is 34.1 Å². The summed E-state index contributed by atoms with van der Waals surface area (Å²) in [5.74, 6) is -1.17. The van der Waals surface area contributed by atoms with Gasteiger partial charge in [-0.3, -0.25) is 14.5 Å². The van der Waals surface area contributed by atoms with Crippen molar-refractivity contribution in [2.45, 2.75) is 46.4 Å². The van der Waals surface area contributed by atoms with Crippen LogP contribution >= 0.6 is 0 Å². The standard InChI is InChI=1S/C13H21NO5/c1-8(15)6-10(16)14-9(11(17)18-5)7-19-12(14)13(2,3)4/h9,12H,6-7H2,1-5H3/t9?,12-/m1/s1. The van der Waals surface area contributed by atoms with Gasteiger partial charge in [0.05, 0.1) is 20.1 Å². The molecule has 1 aliphatic heterocycles. The van der Waals surface area contributed by atoms with E-state index in [4.69, 9.17) is 4.74 Å². The van der Waals surface area contributed by atoms with E-state index in [0.29, 0.717) is 0 Å². The smallest absolute Gasteiger partial charge is 0.331 e. The van der Waals surface area contributed by atoms with Crippen molar-refractivity contribution in [1.29, 1.82) is 0 Å². The molecule has 1 heterocycles. The van der Waals surface area contributed by atoms with Crippen LogP contribution < -0.4 is 0 Å². The molecule has 0 bridgehead atoms. The predicted octanol–water partition coefficient (Wildman–Crippen LogP) is 0.738. The van der Waals surface area contributed by atoms with Crippen molar-refractivity contribution < 1.29 is 23.9 Å². The van der Waals surface area contributed by atoms with Crippen LogP contribution in [0.25, 0.3) is 0 Å². The quantitative estimate of drug-likeness (QED) is 0.559. The van der Waals surface area contributed by atoms with Crippen LogP contribution in [0.4, 0.5) is 0 Å². The first-order chi connectivity index (χ1) is 8.68. The average molecular weight is 271 g/mol. The molecule has 0 aliphatic carbocycles. The van der Waals surface area contributed by atoms with Gasteiger partial charge in [-0.05, 0) is 6.92 Å². The SMILES string of the molecule is COC(=O)C1CO[C@H](C(C)(C)C)N1C(=O)CC(C)=O. The Bertz CT molecular complexity index is 385. The summed E-state index contributed by atoms with van der Waals surface area (Å²) in [6.07, 6.45) is -0.771. The lowest BCUT2D eigenvalue weighted by Crippen LogP contribution is -2.50. The van der Waals surface area contributed by atoms with Gasteiger partial charge < -0.3 is 9.47 Å². The zero-order chi connectivity index (χ0) is 14.8. The van der Waals surface area contributed by atoms with E-state index in [1.165, 1.54) is 18.9 Å². The van der Waals surface area contributed by atoms with Crippen LogP contribution in [0.2, 0.25) is 0 Å². The van der Waals surface area contributed by atoms with Crippen LogP contribution in [-0.2, 0) is 23.9 Å². The summed E-state index contributed by atoms with van der Waals surface area (Å²) in [6, 6.07) is -0.777. The van der Waals surface area contributed by atoms with E-state index >= 15 is 0 Å². The molecule has 0 aromatic carbocycles. The zero-order valence-electron chi connectivity index (χ0n) is 12.1. The van der Waals surface area contributed by atoms with Crippen molar-refractivity contribution >= 4 is 17.7 Å². The summed E-state index contributed by atoms with van der Waals surface area (Å²) in [4.78, 5) is 36.3. The molecule has 19 heavy (non-hydrogen) atoms. The van der Waals surface area contributed by atoms with Crippen molar-refractivity contribution in [2.24, 2.45) is 5.41 Å². The summed E-state index contributed by atoms with van der Waals surface area (Å²) >= 11 is 0. The minimum atomic E-state index is -0.777. The maximum atomic E-state index is 12.2.